The molecule has 2 aromatic heterocycles. The summed E-state index contributed by atoms with van der Waals surface area (Å²) >= 11 is 13.5. The lowest BCUT2D eigenvalue weighted by molar-refractivity contribution is 0.0971. The van der Waals surface area contributed by atoms with Crippen molar-refractivity contribution in [1.82, 2.24) is 4.98 Å². The maximum Gasteiger partial charge on any atom is 0.297 e. The minimum absolute atomic E-state index is 0.0256. The zero-order valence-electron chi connectivity index (χ0n) is 15.0. The molecule has 0 bridgehead atoms. The number of amides is 1. The van der Waals surface area contributed by atoms with Crippen LogP contribution in [0.1, 0.15) is 33.4 Å². The number of rotatable bonds is 2. The van der Waals surface area contributed by atoms with Crippen molar-refractivity contribution in [2.24, 2.45) is 0 Å². The number of thiazole rings is 1. The van der Waals surface area contributed by atoms with Gasteiger partial charge in [0, 0.05) is 15.4 Å². The van der Waals surface area contributed by atoms with Gasteiger partial charge in [-0.1, -0.05) is 35.3 Å². The van der Waals surface area contributed by atoms with Crippen molar-refractivity contribution < 1.29 is 9.21 Å². The zero-order chi connectivity index (χ0) is 20.3. The fourth-order valence-electron chi connectivity index (χ4n) is 3.56. The van der Waals surface area contributed by atoms with Crippen LogP contribution >= 0.6 is 34.5 Å². The van der Waals surface area contributed by atoms with Gasteiger partial charge in [0.25, 0.3) is 5.91 Å². The standard InChI is InChI=1S/C21H12Cl2N2O3S/c1-10-9-29-21(24-10)25-17(11-2-4-12(22)5-3-11)16-18(26)14-8-13(23)6-7-15(14)28-19(16)20(25)27/h2-9,17H,1H3/t17-/m1/s1. The largest absolute Gasteiger partial charge is 0.450 e. The average Bonchev–Trinajstić information content (AvgIpc) is 3.25. The van der Waals surface area contributed by atoms with Crippen LogP contribution in [0.4, 0.5) is 5.13 Å². The Morgan fingerprint density at radius 3 is 2.48 bits per heavy atom. The molecule has 2 aromatic carbocycles. The van der Waals surface area contributed by atoms with Gasteiger partial charge in [-0.05, 0) is 42.8 Å². The van der Waals surface area contributed by atoms with Gasteiger partial charge in [-0.25, -0.2) is 4.98 Å². The highest BCUT2D eigenvalue weighted by atomic mass is 35.5. The van der Waals surface area contributed by atoms with E-state index in [2.05, 4.69) is 4.98 Å². The molecule has 1 amide bonds. The van der Waals surface area contributed by atoms with E-state index in [-0.39, 0.29) is 16.8 Å². The number of halogens is 2. The zero-order valence-corrected chi connectivity index (χ0v) is 17.3. The Kier molecular flexibility index (Phi) is 4.24. The van der Waals surface area contributed by atoms with Crippen LogP contribution < -0.4 is 10.3 Å². The fraction of sp³-hybridized carbons (Fsp3) is 0.0952. The van der Waals surface area contributed by atoms with E-state index < -0.39 is 11.9 Å². The van der Waals surface area contributed by atoms with Crippen LogP contribution in [0.2, 0.25) is 10.0 Å². The van der Waals surface area contributed by atoms with Gasteiger partial charge in [-0.2, -0.15) is 0 Å². The van der Waals surface area contributed by atoms with Crippen molar-refractivity contribution in [3.05, 3.63) is 90.7 Å². The minimum Gasteiger partial charge on any atom is -0.450 e. The SMILES string of the molecule is Cc1csc(N2C(=O)c3oc4ccc(Cl)cc4c(=O)c3[C@H]2c2ccc(Cl)cc2)n1. The van der Waals surface area contributed by atoms with Crippen LogP contribution in [0.3, 0.4) is 0 Å². The van der Waals surface area contributed by atoms with Gasteiger partial charge in [0.2, 0.25) is 5.76 Å². The van der Waals surface area contributed by atoms with Gasteiger partial charge in [-0.3, -0.25) is 14.5 Å². The number of hydrogen-bond acceptors (Lipinski definition) is 5. The monoisotopic (exact) mass is 442 g/mol. The Labute approximate surface area is 179 Å². The summed E-state index contributed by atoms with van der Waals surface area (Å²) in [6, 6.07) is 11.2. The van der Waals surface area contributed by atoms with Crippen molar-refractivity contribution in [2.75, 3.05) is 4.90 Å². The summed E-state index contributed by atoms with van der Waals surface area (Å²) in [4.78, 5) is 32.7. The molecule has 8 heteroatoms. The van der Waals surface area contributed by atoms with Crippen LogP contribution in [0.15, 0.2) is 57.1 Å². The Hall–Kier alpha value is -2.67. The van der Waals surface area contributed by atoms with Gasteiger partial charge in [0.05, 0.1) is 22.7 Å². The third-order valence-corrected chi connectivity index (χ3v) is 6.28. The van der Waals surface area contributed by atoms with E-state index in [1.807, 2.05) is 12.3 Å². The first-order valence-corrected chi connectivity index (χ1v) is 10.3. The highest BCUT2D eigenvalue weighted by Crippen LogP contribution is 2.42. The number of aryl methyl sites for hydroxylation is 1. The van der Waals surface area contributed by atoms with Crippen molar-refractivity contribution in [2.45, 2.75) is 13.0 Å². The molecule has 1 atom stereocenters. The molecule has 0 aliphatic carbocycles. The van der Waals surface area contributed by atoms with Crippen LogP contribution in [0.5, 0.6) is 0 Å². The van der Waals surface area contributed by atoms with E-state index in [4.69, 9.17) is 27.6 Å². The quantitative estimate of drug-likeness (QED) is 0.404. The molecule has 5 nitrogen and oxygen atoms in total. The Morgan fingerprint density at radius 2 is 1.79 bits per heavy atom. The first-order valence-electron chi connectivity index (χ1n) is 8.71. The van der Waals surface area contributed by atoms with Crippen LogP contribution in [-0.4, -0.2) is 10.9 Å². The van der Waals surface area contributed by atoms with Gasteiger partial charge in [0.1, 0.15) is 5.58 Å². The lowest BCUT2D eigenvalue weighted by Gasteiger charge is -2.22. The highest BCUT2D eigenvalue weighted by molar-refractivity contribution is 7.14. The number of benzene rings is 2. The molecule has 0 saturated heterocycles. The molecule has 0 fully saturated rings. The molecule has 1 aliphatic heterocycles. The number of hydrogen-bond donors (Lipinski definition) is 0. The van der Waals surface area contributed by atoms with Crippen LogP contribution in [0, 0.1) is 6.92 Å². The molecule has 5 rings (SSSR count). The maximum absolute atomic E-state index is 13.4. The second-order valence-electron chi connectivity index (χ2n) is 6.72. The topological polar surface area (TPSA) is 63.4 Å². The third kappa shape index (κ3) is 2.87. The maximum atomic E-state index is 13.4. The number of anilines is 1. The summed E-state index contributed by atoms with van der Waals surface area (Å²) in [5.41, 5.74) is 1.84. The number of fused-ring (bicyclic) bond motifs is 2. The molecule has 144 valence electrons. The molecule has 0 spiro atoms. The first kappa shape index (κ1) is 18.4. The van der Waals surface area contributed by atoms with Crippen molar-refractivity contribution in [3.63, 3.8) is 0 Å². The molecule has 0 saturated carbocycles. The van der Waals surface area contributed by atoms with E-state index >= 15 is 0 Å². The number of carbonyl (C=O) groups excluding carboxylic acids is 1. The van der Waals surface area contributed by atoms with Crippen LogP contribution in [-0.2, 0) is 0 Å². The Morgan fingerprint density at radius 1 is 1.07 bits per heavy atom. The summed E-state index contributed by atoms with van der Waals surface area (Å²) in [6.07, 6.45) is 0. The number of nitrogens with zero attached hydrogens (tertiary/aromatic N) is 2. The molecular weight excluding hydrogens is 431 g/mol. The van der Waals surface area contributed by atoms with Gasteiger partial charge < -0.3 is 4.42 Å². The average molecular weight is 443 g/mol. The summed E-state index contributed by atoms with van der Waals surface area (Å²) in [5.74, 6) is -0.374. The van der Waals surface area contributed by atoms with E-state index in [0.29, 0.717) is 26.1 Å². The predicted molar refractivity (Wildman–Crippen MR) is 114 cm³/mol. The summed E-state index contributed by atoms with van der Waals surface area (Å²) in [7, 11) is 0. The van der Waals surface area contributed by atoms with Crippen molar-refractivity contribution >= 4 is 56.5 Å². The summed E-state index contributed by atoms with van der Waals surface area (Å²) in [5, 5.41) is 3.67. The second kappa shape index (κ2) is 6.69. The highest BCUT2D eigenvalue weighted by Gasteiger charge is 2.44. The summed E-state index contributed by atoms with van der Waals surface area (Å²) in [6.45, 7) is 1.85. The lowest BCUT2D eigenvalue weighted by Crippen LogP contribution is -2.29. The molecule has 29 heavy (non-hydrogen) atoms. The Balaban J connectivity index is 1.83. The minimum atomic E-state index is -0.667. The predicted octanol–water partition coefficient (Wildman–Crippen LogP) is 5.61. The van der Waals surface area contributed by atoms with Gasteiger partial charge >= 0.3 is 0 Å². The summed E-state index contributed by atoms with van der Waals surface area (Å²) < 4.78 is 5.89. The molecule has 0 N–H and O–H groups in total. The van der Waals surface area contributed by atoms with Crippen molar-refractivity contribution in [3.8, 4) is 0 Å². The number of aromatic nitrogens is 1. The van der Waals surface area contributed by atoms with Gasteiger partial charge in [-0.15, -0.1) is 11.3 Å². The molecule has 0 unspecified atom stereocenters. The van der Waals surface area contributed by atoms with Crippen LogP contribution in [0.25, 0.3) is 11.0 Å². The first-order chi connectivity index (χ1) is 13.9. The van der Waals surface area contributed by atoms with Gasteiger partial charge in [0.15, 0.2) is 10.6 Å². The molecule has 0 radical (unpaired) electrons. The Bertz CT molecular complexity index is 1340. The van der Waals surface area contributed by atoms with Crippen molar-refractivity contribution in [1.29, 1.82) is 0 Å². The molecule has 1 aliphatic rings. The van der Waals surface area contributed by atoms with E-state index in [0.717, 1.165) is 11.3 Å². The smallest absolute Gasteiger partial charge is 0.297 e. The molecule has 4 aromatic rings. The molecule has 3 heterocycles. The fourth-order valence-corrected chi connectivity index (χ4v) is 4.68. The van der Waals surface area contributed by atoms with E-state index in [1.165, 1.54) is 16.2 Å². The lowest BCUT2D eigenvalue weighted by atomic mass is 9.99. The van der Waals surface area contributed by atoms with E-state index in [9.17, 15) is 9.59 Å². The number of carbonyl (C=O) groups is 1. The third-order valence-electron chi connectivity index (χ3n) is 4.83. The molecular formula is C21H12Cl2N2O3S. The normalized spacial score (nSPS) is 15.9. The second-order valence-corrected chi connectivity index (χ2v) is 8.42. The van der Waals surface area contributed by atoms with E-state index in [1.54, 1.807) is 42.5 Å².